The van der Waals surface area contributed by atoms with E-state index in [-0.39, 0.29) is 12.4 Å². The van der Waals surface area contributed by atoms with E-state index in [1.165, 1.54) is 33.8 Å². The minimum atomic E-state index is 0.0615. The van der Waals surface area contributed by atoms with Crippen LogP contribution in [-0.4, -0.2) is 108 Å². The highest BCUT2D eigenvalue weighted by Crippen LogP contribution is 2.27. The molecule has 318 valence electrons. The van der Waals surface area contributed by atoms with Crippen LogP contribution in [0.3, 0.4) is 0 Å². The number of ether oxygens (including phenoxy) is 4. The summed E-state index contributed by atoms with van der Waals surface area (Å²) in [4.78, 5) is 16.1. The Hall–Kier alpha value is -4.53. The molecule has 3 fully saturated rings. The summed E-state index contributed by atoms with van der Waals surface area (Å²) in [6.45, 7) is 16.2. The molecule has 0 radical (unpaired) electrons. The number of rotatable bonds is 6. The first kappa shape index (κ1) is 46.5. The van der Waals surface area contributed by atoms with Gasteiger partial charge in [-0.15, -0.1) is 0 Å². The normalized spacial score (nSPS) is 14.9. The number of halogens is 2. The van der Waals surface area contributed by atoms with Crippen LogP contribution in [-0.2, 0) is 18.9 Å². The van der Waals surface area contributed by atoms with Crippen LogP contribution in [0.5, 0.6) is 5.75 Å². The second-order valence-corrected chi connectivity index (χ2v) is 15.8. The molecule has 3 aliphatic heterocycles. The van der Waals surface area contributed by atoms with Gasteiger partial charge in [0.15, 0.2) is 5.78 Å². The van der Waals surface area contributed by atoms with E-state index in [2.05, 4.69) is 113 Å². The lowest BCUT2D eigenvalue weighted by molar-refractivity contribution is 0.101. The second kappa shape index (κ2) is 25.3. The van der Waals surface area contributed by atoms with Crippen molar-refractivity contribution in [3.63, 3.8) is 0 Å². The van der Waals surface area contributed by atoms with Crippen molar-refractivity contribution in [3.05, 3.63) is 137 Å². The van der Waals surface area contributed by atoms with E-state index in [1.807, 2.05) is 42.5 Å². The number of ketones is 1. The van der Waals surface area contributed by atoms with Crippen molar-refractivity contribution in [2.24, 2.45) is 0 Å². The molecule has 3 saturated heterocycles. The molecule has 3 N–H and O–H groups in total. The number of phenols is 1. The standard InChI is InChI=1S/C16H17NO2.C14H14BrNO.C10H7BrO.C4H9NO.C4H8O2/c1-12(18)13-2-3-15-11-16(5-4-14(15)10-13)17-6-8-19-9-7-17;15-13-3-1-12-10-14(4-2-11(12)9-13)16-5-7-17-8-6-16;11-9-3-1-8-6-10(12)4-2-7(8)5-9;1-3-6-4-2-5-1;1-2-6-4-3-5/h2-5,10-11H,6-9H2,1H3;1-4,9-10H,5-8H2;1-6,12H;5H,1-4H2;2,5H,1,3-4H2. The Labute approximate surface area is 369 Å². The summed E-state index contributed by atoms with van der Waals surface area (Å²) >= 11 is 6.89. The maximum atomic E-state index is 11.4. The maximum absolute atomic E-state index is 11.4. The van der Waals surface area contributed by atoms with Gasteiger partial charge in [-0.05, 0) is 106 Å². The number of nitrogens with zero attached hydrogens (tertiary/aromatic N) is 2. The topological polar surface area (TPSA) is 113 Å². The maximum Gasteiger partial charge on any atom is 0.159 e. The van der Waals surface area contributed by atoms with E-state index >= 15 is 0 Å². The highest BCUT2D eigenvalue weighted by atomic mass is 79.9. The largest absolute Gasteiger partial charge is 0.508 e. The number of hydrogen-bond donors (Lipinski definition) is 3. The van der Waals surface area contributed by atoms with Crippen LogP contribution < -0.4 is 15.1 Å². The lowest BCUT2D eigenvalue weighted by Crippen LogP contribution is -2.36. The quantitative estimate of drug-likeness (QED) is 0.0849. The Kier molecular flexibility index (Phi) is 19.6. The number of aliphatic hydroxyl groups is 1. The SMILES string of the molecule is Brc1ccc2cc(N3CCOCC3)ccc2c1.C1COCCN1.C=COCCO.CC(=O)c1ccc2cc(N3CCOCC3)ccc2c1.Oc1ccc2cc(Br)ccc2c1. The number of phenolic OH excluding ortho intramolecular Hbond substituents is 1. The van der Waals surface area contributed by atoms with Gasteiger partial charge >= 0.3 is 0 Å². The van der Waals surface area contributed by atoms with Crippen LogP contribution in [0.4, 0.5) is 11.4 Å². The third kappa shape index (κ3) is 15.2. The minimum absolute atomic E-state index is 0.0615. The zero-order valence-corrected chi connectivity index (χ0v) is 37.3. The number of nitrogens with one attached hydrogen (secondary N) is 1. The highest BCUT2D eigenvalue weighted by Gasteiger charge is 2.13. The van der Waals surface area contributed by atoms with E-state index in [4.69, 9.17) is 19.3 Å². The van der Waals surface area contributed by atoms with Gasteiger partial charge in [0.25, 0.3) is 0 Å². The van der Waals surface area contributed by atoms with Gasteiger partial charge in [0, 0.05) is 65.2 Å². The number of Topliss-reactive ketones (excluding diaryl/α,β-unsaturated/α-hetero) is 1. The van der Waals surface area contributed by atoms with Crippen molar-refractivity contribution in [2.75, 3.05) is 102 Å². The Morgan fingerprint density at radius 3 is 1.52 bits per heavy atom. The summed E-state index contributed by atoms with van der Waals surface area (Å²) in [5.74, 6) is 0.420. The van der Waals surface area contributed by atoms with Gasteiger partial charge in [0.1, 0.15) is 12.4 Å². The summed E-state index contributed by atoms with van der Waals surface area (Å²) in [6, 6.07) is 36.6. The summed E-state index contributed by atoms with van der Waals surface area (Å²) < 4.78 is 22.4. The third-order valence-electron chi connectivity index (χ3n) is 9.73. The molecule has 3 heterocycles. The summed E-state index contributed by atoms with van der Waals surface area (Å²) in [5, 5.41) is 27.4. The number of carbonyl (C=O) groups is 1. The molecule has 0 atom stereocenters. The van der Waals surface area contributed by atoms with E-state index in [0.717, 1.165) is 110 Å². The molecule has 0 aliphatic carbocycles. The minimum Gasteiger partial charge on any atom is -0.508 e. The molecule has 9 rings (SSSR count). The molecular weight excluding hydrogens is 890 g/mol. The number of carbonyl (C=O) groups excluding carboxylic acids is 1. The van der Waals surface area contributed by atoms with E-state index in [9.17, 15) is 9.90 Å². The molecule has 0 unspecified atom stereocenters. The fourth-order valence-corrected chi connectivity index (χ4v) is 7.31. The molecule has 0 saturated carbocycles. The number of benzene rings is 6. The molecular formula is C48H55Br2N3O7. The van der Waals surface area contributed by atoms with Crippen molar-refractivity contribution in [2.45, 2.75) is 6.92 Å². The Balaban J connectivity index is 0.000000152. The van der Waals surface area contributed by atoms with Gasteiger partial charge in [-0.25, -0.2) is 0 Å². The molecule has 0 amide bonds. The zero-order chi connectivity index (χ0) is 42.5. The van der Waals surface area contributed by atoms with Gasteiger partial charge in [0.05, 0.1) is 52.5 Å². The first-order chi connectivity index (χ1) is 29.2. The van der Waals surface area contributed by atoms with Crippen LogP contribution >= 0.6 is 31.9 Å². The molecule has 3 aliphatic rings. The van der Waals surface area contributed by atoms with E-state index < -0.39 is 0 Å². The number of aromatic hydroxyl groups is 1. The van der Waals surface area contributed by atoms with Gasteiger partial charge in [0.2, 0.25) is 0 Å². The molecule has 6 aromatic carbocycles. The van der Waals surface area contributed by atoms with E-state index in [1.54, 1.807) is 19.1 Å². The Morgan fingerprint density at radius 1 is 0.650 bits per heavy atom. The summed E-state index contributed by atoms with van der Waals surface area (Å²) in [5.41, 5.74) is 3.29. The van der Waals surface area contributed by atoms with Crippen LogP contribution in [0.15, 0.2) is 131 Å². The highest BCUT2D eigenvalue weighted by molar-refractivity contribution is 9.10. The number of fused-ring (bicyclic) bond motifs is 3. The van der Waals surface area contributed by atoms with Crippen LogP contribution in [0.1, 0.15) is 17.3 Å². The predicted molar refractivity (Wildman–Crippen MR) is 252 cm³/mol. The van der Waals surface area contributed by atoms with Crippen LogP contribution in [0.2, 0.25) is 0 Å². The first-order valence-corrected chi connectivity index (χ1v) is 21.7. The average Bonchev–Trinajstić information content (AvgIpc) is 3.30. The fourth-order valence-electron chi connectivity index (χ4n) is 6.55. The molecule has 60 heavy (non-hydrogen) atoms. The summed E-state index contributed by atoms with van der Waals surface area (Å²) in [7, 11) is 0. The molecule has 6 aromatic rings. The number of aliphatic hydroxyl groups excluding tert-OH is 1. The third-order valence-corrected chi connectivity index (χ3v) is 10.7. The molecule has 10 nitrogen and oxygen atoms in total. The zero-order valence-electron chi connectivity index (χ0n) is 34.2. The van der Waals surface area contributed by atoms with Gasteiger partial charge < -0.3 is 44.3 Å². The van der Waals surface area contributed by atoms with E-state index in [0.29, 0.717) is 12.4 Å². The van der Waals surface area contributed by atoms with Crippen molar-refractivity contribution in [3.8, 4) is 5.75 Å². The van der Waals surface area contributed by atoms with Crippen molar-refractivity contribution in [1.29, 1.82) is 0 Å². The van der Waals surface area contributed by atoms with Crippen molar-refractivity contribution in [1.82, 2.24) is 5.32 Å². The van der Waals surface area contributed by atoms with Crippen LogP contribution in [0.25, 0.3) is 32.3 Å². The van der Waals surface area contributed by atoms with Gasteiger partial charge in [-0.1, -0.05) is 80.9 Å². The van der Waals surface area contributed by atoms with Crippen molar-refractivity contribution < 1.29 is 34.0 Å². The van der Waals surface area contributed by atoms with Crippen molar-refractivity contribution >= 4 is 81.3 Å². The number of morpholine rings is 3. The lowest BCUT2D eigenvalue weighted by atomic mass is 10.0. The number of hydrogen-bond acceptors (Lipinski definition) is 10. The smallest absolute Gasteiger partial charge is 0.159 e. The van der Waals surface area contributed by atoms with Gasteiger partial charge in [-0.2, -0.15) is 0 Å². The molecule has 0 spiro atoms. The number of anilines is 2. The Morgan fingerprint density at radius 2 is 1.08 bits per heavy atom. The van der Waals surface area contributed by atoms with Gasteiger partial charge in [-0.3, -0.25) is 4.79 Å². The molecule has 0 bridgehead atoms. The molecule has 12 heteroatoms. The van der Waals surface area contributed by atoms with Crippen LogP contribution in [0, 0.1) is 0 Å². The second-order valence-electron chi connectivity index (χ2n) is 14.0. The summed E-state index contributed by atoms with van der Waals surface area (Å²) in [6.07, 6.45) is 1.30. The fraction of sp³-hybridized carbons (Fsp3) is 0.312. The molecule has 0 aromatic heterocycles. The lowest BCUT2D eigenvalue weighted by Gasteiger charge is -2.29. The Bertz CT molecular complexity index is 2200. The first-order valence-electron chi connectivity index (χ1n) is 20.1. The predicted octanol–water partition coefficient (Wildman–Crippen LogP) is 9.37. The monoisotopic (exact) mass is 943 g/mol. The average molecular weight is 946 g/mol.